The number of nitrogens with two attached hydrogens (primary N) is 2. The van der Waals surface area contributed by atoms with Gasteiger partial charge >= 0.3 is 0 Å². The van der Waals surface area contributed by atoms with Crippen molar-refractivity contribution in [2.75, 3.05) is 24.9 Å². The number of benzene rings is 2. The zero-order chi connectivity index (χ0) is 28.3. The van der Waals surface area contributed by atoms with Crippen molar-refractivity contribution in [2.24, 2.45) is 5.73 Å². The first-order valence-corrected chi connectivity index (χ1v) is 13.4. The number of amides is 3. The molecule has 1 atom stereocenters. The monoisotopic (exact) mass is 551 g/mol. The smallest absolute Gasteiger partial charge is 0.273 e. The van der Waals surface area contributed by atoms with Crippen LogP contribution in [0.1, 0.15) is 68.6 Å². The number of carbonyl (C=O) groups is 3. The largest absolute Gasteiger partial charge is 0.497 e. The molecule has 4 rings (SSSR count). The Bertz CT molecular complexity index is 1380. The fraction of sp³-hybridized carbons (Fsp3) is 0.357. The summed E-state index contributed by atoms with van der Waals surface area (Å²) < 4.78 is 15.1. The predicted octanol–water partition coefficient (Wildman–Crippen LogP) is 3.91. The van der Waals surface area contributed by atoms with E-state index in [2.05, 4.69) is 9.69 Å². The number of methoxy groups -OCH3 is 2. The van der Waals surface area contributed by atoms with Crippen molar-refractivity contribution < 1.29 is 23.9 Å². The van der Waals surface area contributed by atoms with Crippen molar-refractivity contribution in [1.29, 1.82) is 0 Å². The van der Waals surface area contributed by atoms with Crippen molar-refractivity contribution in [1.82, 2.24) is 9.69 Å². The maximum Gasteiger partial charge on any atom is 0.273 e. The molecule has 10 nitrogen and oxygen atoms in total. The van der Waals surface area contributed by atoms with Gasteiger partial charge < -0.3 is 26.3 Å². The Hall–Kier alpha value is -4.12. The number of ether oxygens (including phenoxy) is 2. The van der Waals surface area contributed by atoms with Crippen LogP contribution in [0.5, 0.6) is 11.5 Å². The lowest BCUT2D eigenvalue weighted by atomic mass is 9.99. The van der Waals surface area contributed by atoms with Crippen LogP contribution in [0.4, 0.5) is 11.4 Å². The molecule has 0 spiro atoms. The lowest BCUT2D eigenvalue weighted by Gasteiger charge is -2.33. The van der Waals surface area contributed by atoms with E-state index in [1.54, 1.807) is 18.2 Å². The fourth-order valence-electron chi connectivity index (χ4n) is 5.01. The number of anilines is 2. The first-order valence-electron chi connectivity index (χ1n) is 12.6. The average molecular weight is 552 g/mol. The summed E-state index contributed by atoms with van der Waals surface area (Å²) in [5, 5.41) is 3.14. The highest BCUT2D eigenvalue weighted by Crippen LogP contribution is 2.39. The number of nitrogens with one attached hydrogen (secondary N) is 1. The highest BCUT2D eigenvalue weighted by molar-refractivity contribution is 7.09. The van der Waals surface area contributed by atoms with E-state index in [1.165, 1.54) is 19.1 Å². The van der Waals surface area contributed by atoms with Crippen molar-refractivity contribution in [3.8, 4) is 11.5 Å². The first-order chi connectivity index (χ1) is 18.6. The summed E-state index contributed by atoms with van der Waals surface area (Å²) in [5.74, 6) is -0.922. The van der Waals surface area contributed by atoms with Gasteiger partial charge in [0.2, 0.25) is 5.91 Å². The Labute approximate surface area is 231 Å². The van der Waals surface area contributed by atoms with Gasteiger partial charge in [0.1, 0.15) is 22.4 Å². The molecule has 1 aliphatic carbocycles. The van der Waals surface area contributed by atoms with E-state index < -0.39 is 17.9 Å². The van der Waals surface area contributed by atoms with E-state index in [9.17, 15) is 14.4 Å². The molecule has 1 heterocycles. The molecule has 5 N–H and O–H groups in total. The summed E-state index contributed by atoms with van der Waals surface area (Å²) in [5.41, 5.74) is 14.0. The van der Waals surface area contributed by atoms with Crippen LogP contribution in [0.25, 0.3) is 0 Å². The van der Waals surface area contributed by atoms with Crippen molar-refractivity contribution in [2.45, 2.75) is 51.6 Å². The molecule has 206 valence electrons. The van der Waals surface area contributed by atoms with Crippen molar-refractivity contribution >= 4 is 40.6 Å². The average Bonchev–Trinajstić information content (AvgIpc) is 3.55. The van der Waals surface area contributed by atoms with Crippen molar-refractivity contribution in [3.63, 3.8) is 0 Å². The highest BCUT2D eigenvalue weighted by atomic mass is 32.1. The van der Waals surface area contributed by atoms with Crippen LogP contribution < -0.4 is 31.2 Å². The lowest BCUT2D eigenvalue weighted by Crippen LogP contribution is -2.46. The van der Waals surface area contributed by atoms with E-state index in [1.807, 2.05) is 32.0 Å². The molecule has 0 aliphatic heterocycles. The maximum atomic E-state index is 14.3. The van der Waals surface area contributed by atoms with Crippen LogP contribution in [0.2, 0.25) is 0 Å². The summed E-state index contributed by atoms with van der Waals surface area (Å²) in [6.45, 7) is 3.82. The molecule has 1 unspecified atom stereocenters. The summed E-state index contributed by atoms with van der Waals surface area (Å²) in [7, 11) is 3.02. The van der Waals surface area contributed by atoms with Gasteiger partial charge in [0.25, 0.3) is 11.8 Å². The fourth-order valence-corrected chi connectivity index (χ4v) is 5.76. The summed E-state index contributed by atoms with van der Waals surface area (Å²) in [6, 6.07) is 9.53. The second-order valence-corrected chi connectivity index (χ2v) is 10.4. The SMILES string of the molecule is COc1ccc(OC)c(C(C(=O)NC2CCCC2)N(C(=O)c2snc(C(N)=O)c2N)c2cc(C)cc(C)c2)c1. The van der Waals surface area contributed by atoms with Gasteiger partial charge in [-0.3, -0.25) is 19.3 Å². The Morgan fingerprint density at radius 1 is 1.05 bits per heavy atom. The topological polar surface area (TPSA) is 150 Å². The number of aromatic nitrogens is 1. The Morgan fingerprint density at radius 3 is 2.28 bits per heavy atom. The lowest BCUT2D eigenvalue weighted by molar-refractivity contribution is -0.123. The van der Waals surface area contributed by atoms with Gasteiger partial charge in [-0.15, -0.1) is 0 Å². The van der Waals surface area contributed by atoms with Crippen LogP contribution >= 0.6 is 11.5 Å². The molecule has 2 aromatic carbocycles. The van der Waals surface area contributed by atoms with Gasteiger partial charge in [0.05, 0.1) is 19.9 Å². The molecule has 1 fully saturated rings. The second kappa shape index (κ2) is 11.7. The molecule has 39 heavy (non-hydrogen) atoms. The quantitative estimate of drug-likeness (QED) is 0.365. The third kappa shape index (κ3) is 5.83. The molecular formula is C28H33N5O5S. The maximum absolute atomic E-state index is 14.3. The number of hydrogen-bond acceptors (Lipinski definition) is 8. The molecule has 3 amide bonds. The number of primary amides is 1. The van der Waals surface area contributed by atoms with Crippen LogP contribution in [-0.4, -0.2) is 42.4 Å². The second-order valence-electron chi connectivity index (χ2n) is 9.66. The Morgan fingerprint density at radius 2 is 1.72 bits per heavy atom. The summed E-state index contributed by atoms with van der Waals surface area (Å²) in [4.78, 5) is 41.8. The van der Waals surface area contributed by atoms with Gasteiger partial charge in [-0.2, -0.15) is 4.37 Å². The molecule has 1 aromatic heterocycles. The molecule has 0 radical (unpaired) electrons. The van der Waals surface area contributed by atoms with Gasteiger partial charge in [0.15, 0.2) is 5.69 Å². The van der Waals surface area contributed by atoms with E-state index in [0.29, 0.717) is 22.7 Å². The molecule has 3 aromatic rings. The van der Waals surface area contributed by atoms with E-state index in [-0.39, 0.29) is 28.2 Å². The van der Waals surface area contributed by atoms with Crippen LogP contribution in [0.15, 0.2) is 36.4 Å². The molecule has 0 saturated heterocycles. The highest BCUT2D eigenvalue weighted by Gasteiger charge is 2.39. The molecule has 1 saturated carbocycles. The number of carbonyl (C=O) groups excluding carboxylic acids is 3. The zero-order valence-corrected chi connectivity index (χ0v) is 23.3. The predicted molar refractivity (Wildman–Crippen MR) is 150 cm³/mol. The van der Waals surface area contributed by atoms with Gasteiger partial charge in [-0.25, -0.2) is 0 Å². The number of hydrogen-bond donors (Lipinski definition) is 3. The van der Waals surface area contributed by atoms with Gasteiger partial charge in [-0.1, -0.05) is 18.9 Å². The number of nitrogen functional groups attached to an aromatic ring is 1. The van der Waals surface area contributed by atoms with Crippen LogP contribution in [-0.2, 0) is 4.79 Å². The minimum absolute atomic E-state index is 0.00323. The van der Waals surface area contributed by atoms with E-state index in [4.69, 9.17) is 20.9 Å². The standard InChI is InChI=1S/C28H33N5O5S/c1-15-11-16(2)13-18(12-15)33(28(36)25-22(29)23(26(30)34)32-39-25)24(27(35)31-17-7-5-6-8-17)20-14-19(37-3)9-10-21(20)38-4/h9-14,17,24H,5-8,29H2,1-4H3,(H2,30,34)(H,31,35). The molecule has 0 bridgehead atoms. The summed E-state index contributed by atoms with van der Waals surface area (Å²) in [6.07, 6.45) is 3.75. The summed E-state index contributed by atoms with van der Waals surface area (Å²) >= 11 is 0.764. The minimum Gasteiger partial charge on any atom is -0.497 e. The normalized spacial score (nSPS) is 14.1. The third-order valence-electron chi connectivity index (χ3n) is 6.80. The first kappa shape index (κ1) is 27.9. The third-order valence-corrected chi connectivity index (χ3v) is 7.65. The van der Waals surface area contributed by atoms with Crippen LogP contribution in [0, 0.1) is 13.8 Å². The molecular weight excluding hydrogens is 518 g/mol. The molecule has 11 heteroatoms. The van der Waals surface area contributed by atoms with E-state index >= 15 is 0 Å². The van der Waals surface area contributed by atoms with Gasteiger partial charge in [-0.05, 0) is 79.7 Å². The Balaban J connectivity index is 1.96. The Kier molecular flexibility index (Phi) is 8.39. The number of nitrogens with zero attached hydrogens (tertiary/aromatic N) is 2. The van der Waals surface area contributed by atoms with E-state index in [0.717, 1.165) is 48.3 Å². The zero-order valence-electron chi connectivity index (χ0n) is 22.4. The van der Waals surface area contributed by atoms with Gasteiger partial charge in [0, 0.05) is 17.3 Å². The molecule has 1 aliphatic rings. The van der Waals surface area contributed by atoms with Crippen LogP contribution in [0.3, 0.4) is 0 Å². The number of rotatable bonds is 9. The van der Waals surface area contributed by atoms with Crippen molar-refractivity contribution in [3.05, 3.63) is 63.7 Å². The minimum atomic E-state index is -1.16. The number of aryl methyl sites for hydroxylation is 2.